The fourth-order valence-electron chi connectivity index (χ4n) is 1.73. The van der Waals surface area contributed by atoms with Crippen LogP contribution in [-0.2, 0) is 4.79 Å². The summed E-state index contributed by atoms with van der Waals surface area (Å²) in [4.78, 5) is 14.7. The number of rotatable bonds is 2. The predicted octanol–water partition coefficient (Wildman–Crippen LogP) is 0.953. The van der Waals surface area contributed by atoms with Gasteiger partial charge in [-0.1, -0.05) is 0 Å². The second kappa shape index (κ2) is 4.28. The van der Waals surface area contributed by atoms with Gasteiger partial charge in [-0.3, -0.25) is 4.79 Å². The average molecular weight is 193 g/mol. The number of amides is 1. The summed E-state index contributed by atoms with van der Waals surface area (Å²) in [6, 6.07) is 3.73. The van der Waals surface area contributed by atoms with Crippen LogP contribution in [0, 0.1) is 5.92 Å². The minimum Gasteiger partial charge on any atom is -0.348 e. The normalized spacial score (nSPS) is 18.0. The van der Waals surface area contributed by atoms with Crippen LogP contribution in [0.1, 0.15) is 12.8 Å². The minimum atomic E-state index is 0.133. The fraction of sp³-hybridized carbons (Fsp3) is 0.500. The van der Waals surface area contributed by atoms with Crippen molar-refractivity contribution in [3.05, 3.63) is 18.3 Å². The van der Waals surface area contributed by atoms with Crippen LogP contribution in [-0.4, -0.2) is 24.0 Å². The molecule has 76 valence electrons. The van der Waals surface area contributed by atoms with Crippen LogP contribution in [0.3, 0.4) is 0 Å². The number of nitrogens with one attached hydrogen (secondary N) is 3. The molecule has 1 aromatic heterocycles. The summed E-state index contributed by atoms with van der Waals surface area (Å²) in [7, 11) is 0. The second-order valence-corrected chi connectivity index (χ2v) is 3.60. The van der Waals surface area contributed by atoms with Crippen LogP contribution >= 0.6 is 0 Å². The van der Waals surface area contributed by atoms with Crippen molar-refractivity contribution >= 4 is 11.7 Å². The Morgan fingerprint density at radius 2 is 2.21 bits per heavy atom. The third-order valence-corrected chi connectivity index (χ3v) is 2.57. The lowest BCUT2D eigenvalue weighted by Gasteiger charge is -2.21. The number of piperidine rings is 1. The van der Waals surface area contributed by atoms with Crippen molar-refractivity contribution in [3.63, 3.8) is 0 Å². The maximum absolute atomic E-state index is 11.7. The predicted molar refractivity (Wildman–Crippen MR) is 55.0 cm³/mol. The van der Waals surface area contributed by atoms with Gasteiger partial charge >= 0.3 is 0 Å². The topological polar surface area (TPSA) is 56.9 Å². The molecule has 0 aliphatic carbocycles. The first-order valence-electron chi connectivity index (χ1n) is 5.01. The maximum Gasteiger partial charge on any atom is 0.228 e. The highest BCUT2D eigenvalue weighted by atomic mass is 16.1. The molecule has 0 saturated carbocycles. The van der Waals surface area contributed by atoms with E-state index in [1.807, 2.05) is 12.1 Å². The Balaban J connectivity index is 1.88. The van der Waals surface area contributed by atoms with Gasteiger partial charge in [0.05, 0.1) is 0 Å². The number of anilines is 1. The molecular formula is C10H15N3O. The number of H-pyrrole nitrogens is 1. The summed E-state index contributed by atoms with van der Waals surface area (Å²) in [5, 5.41) is 6.11. The molecule has 4 heteroatoms. The van der Waals surface area contributed by atoms with Gasteiger partial charge in [0.15, 0.2) is 0 Å². The first kappa shape index (κ1) is 9.27. The van der Waals surface area contributed by atoms with Crippen molar-refractivity contribution in [2.75, 3.05) is 18.4 Å². The summed E-state index contributed by atoms with van der Waals surface area (Å²) < 4.78 is 0. The molecule has 1 saturated heterocycles. The Morgan fingerprint density at radius 3 is 2.86 bits per heavy atom. The van der Waals surface area contributed by atoms with E-state index in [1.54, 1.807) is 6.20 Å². The molecular weight excluding hydrogens is 178 g/mol. The third kappa shape index (κ3) is 2.14. The smallest absolute Gasteiger partial charge is 0.228 e. The van der Waals surface area contributed by atoms with E-state index in [9.17, 15) is 4.79 Å². The van der Waals surface area contributed by atoms with E-state index >= 15 is 0 Å². The summed E-state index contributed by atoms with van der Waals surface area (Å²) in [6.07, 6.45) is 3.68. The van der Waals surface area contributed by atoms with Gasteiger partial charge in [0.25, 0.3) is 0 Å². The standard InChI is InChI=1S/C10H15N3O/c14-10(8-3-6-11-7-4-8)13-9-2-1-5-12-9/h1-2,5,8,11-12H,3-4,6-7H2,(H,13,14). The van der Waals surface area contributed by atoms with Crippen LogP contribution in [0.15, 0.2) is 18.3 Å². The SMILES string of the molecule is O=C(Nc1ccc[nH]1)C1CCNCC1. The van der Waals surface area contributed by atoms with Gasteiger partial charge in [-0.2, -0.15) is 0 Å². The number of carbonyl (C=O) groups excluding carboxylic acids is 1. The number of aromatic nitrogens is 1. The van der Waals surface area contributed by atoms with E-state index < -0.39 is 0 Å². The molecule has 0 unspecified atom stereocenters. The molecule has 4 nitrogen and oxygen atoms in total. The fourth-order valence-corrected chi connectivity index (χ4v) is 1.73. The Morgan fingerprint density at radius 1 is 1.43 bits per heavy atom. The highest BCUT2D eigenvalue weighted by Crippen LogP contribution is 2.14. The quantitative estimate of drug-likeness (QED) is 0.655. The molecule has 0 radical (unpaired) electrons. The highest BCUT2D eigenvalue weighted by Gasteiger charge is 2.20. The zero-order valence-corrected chi connectivity index (χ0v) is 8.05. The van der Waals surface area contributed by atoms with Crippen LogP contribution in [0.5, 0.6) is 0 Å². The second-order valence-electron chi connectivity index (χ2n) is 3.60. The first-order chi connectivity index (χ1) is 6.86. The number of aromatic amines is 1. The van der Waals surface area contributed by atoms with Gasteiger partial charge in [0.2, 0.25) is 5.91 Å². The van der Waals surface area contributed by atoms with Gasteiger partial charge in [-0.05, 0) is 38.1 Å². The van der Waals surface area contributed by atoms with Crippen molar-refractivity contribution in [3.8, 4) is 0 Å². The Labute approximate surface area is 83.1 Å². The number of hydrogen-bond donors (Lipinski definition) is 3. The van der Waals surface area contributed by atoms with Crippen molar-refractivity contribution in [2.45, 2.75) is 12.8 Å². The van der Waals surface area contributed by atoms with Gasteiger partial charge in [0, 0.05) is 12.1 Å². The lowest BCUT2D eigenvalue weighted by atomic mass is 9.97. The Bertz CT molecular complexity index is 288. The summed E-state index contributed by atoms with van der Waals surface area (Å²) in [5.41, 5.74) is 0. The minimum absolute atomic E-state index is 0.133. The van der Waals surface area contributed by atoms with E-state index in [-0.39, 0.29) is 11.8 Å². The first-order valence-corrected chi connectivity index (χ1v) is 5.01. The average Bonchev–Trinajstić information content (AvgIpc) is 2.72. The third-order valence-electron chi connectivity index (χ3n) is 2.57. The Kier molecular flexibility index (Phi) is 2.84. The summed E-state index contributed by atoms with van der Waals surface area (Å²) in [5.74, 6) is 1.09. The van der Waals surface area contributed by atoms with Gasteiger partial charge in [0.1, 0.15) is 5.82 Å². The van der Waals surface area contributed by atoms with Crippen LogP contribution in [0.25, 0.3) is 0 Å². The largest absolute Gasteiger partial charge is 0.348 e. The van der Waals surface area contributed by atoms with E-state index in [0.717, 1.165) is 31.7 Å². The van der Waals surface area contributed by atoms with Gasteiger partial charge in [-0.25, -0.2) is 0 Å². The molecule has 2 rings (SSSR count). The zero-order chi connectivity index (χ0) is 9.80. The van der Waals surface area contributed by atoms with E-state index in [2.05, 4.69) is 15.6 Å². The summed E-state index contributed by atoms with van der Waals surface area (Å²) >= 11 is 0. The molecule has 1 aliphatic rings. The van der Waals surface area contributed by atoms with E-state index in [1.165, 1.54) is 0 Å². The van der Waals surface area contributed by atoms with Crippen LogP contribution < -0.4 is 10.6 Å². The molecule has 0 spiro atoms. The van der Waals surface area contributed by atoms with Crippen LogP contribution in [0.2, 0.25) is 0 Å². The molecule has 1 aliphatic heterocycles. The molecule has 0 atom stereocenters. The van der Waals surface area contributed by atoms with Crippen molar-refractivity contribution in [1.29, 1.82) is 0 Å². The zero-order valence-electron chi connectivity index (χ0n) is 8.05. The lowest BCUT2D eigenvalue weighted by molar-refractivity contribution is -0.120. The lowest BCUT2D eigenvalue weighted by Crippen LogP contribution is -2.34. The molecule has 1 aromatic rings. The summed E-state index contributed by atoms with van der Waals surface area (Å²) in [6.45, 7) is 1.89. The molecule has 0 aromatic carbocycles. The van der Waals surface area contributed by atoms with Gasteiger partial charge in [-0.15, -0.1) is 0 Å². The van der Waals surface area contributed by atoms with E-state index in [4.69, 9.17) is 0 Å². The van der Waals surface area contributed by atoms with Crippen molar-refractivity contribution in [1.82, 2.24) is 10.3 Å². The number of hydrogen-bond acceptors (Lipinski definition) is 2. The molecule has 3 N–H and O–H groups in total. The van der Waals surface area contributed by atoms with Crippen LogP contribution in [0.4, 0.5) is 5.82 Å². The molecule has 0 bridgehead atoms. The van der Waals surface area contributed by atoms with Gasteiger partial charge < -0.3 is 15.6 Å². The maximum atomic E-state index is 11.7. The monoisotopic (exact) mass is 193 g/mol. The highest BCUT2D eigenvalue weighted by molar-refractivity contribution is 5.91. The molecule has 1 amide bonds. The van der Waals surface area contributed by atoms with E-state index in [0.29, 0.717) is 0 Å². The molecule has 14 heavy (non-hydrogen) atoms. The van der Waals surface area contributed by atoms with Crippen molar-refractivity contribution < 1.29 is 4.79 Å². The van der Waals surface area contributed by atoms with Crippen molar-refractivity contribution in [2.24, 2.45) is 5.92 Å². The number of carbonyl (C=O) groups is 1. The molecule has 1 fully saturated rings. The Hall–Kier alpha value is -1.29. The molecule has 2 heterocycles.